The number of carbonyl (C=O) groups is 3. The minimum atomic E-state index is -0.975. The Morgan fingerprint density at radius 1 is 1.18 bits per heavy atom. The molecule has 0 atom stereocenters. The number of aliphatic carboxylic acids is 1. The van der Waals surface area contributed by atoms with E-state index in [1.807, 2.05) is 0 Å². The Morgan fingerprint density at radius 3 is 2.50 bits per heavy atom. The number of hydrogen-bond donors (Lipinski definition) is 3. The summed E-state index contributed by atoms with van der Waals surface area (Å²) in [5.74, 6) is -1.67. The van der Waals surface area contributed by atoms with Crippen LogP contribution >= 0.6 is 27.5 Å². The Hall–Kier alpha value is -1.80. The van der Waals surface area contributed by atoms with Gasteiger partial charge in [0, 0.05) is 17.3 Å². The molecule has 22 heavy (non-hydrogen) atoms. The Balaban J connectivity index is 2.26. The SMILES string of the molecule is O=C(O)CCCC(=O)NNC(=O)COc1ccc(Br)cc1Cl. The van der Waals surface area contributed by atoms with Gasteiger partial charge < -0.3 is 9.84 Å². The average Bonchev–Trinajstić information content (AvgIpc) is 2.43. The summed E-state index contributed by atoms with van der Waals surface area (Å²) in [6.07, 6.45) is 0.0978. The smallest absolute Gasteiger partial charge is 0.303 e. The van der Waals surface area contributed by atoms with Gasteiger partial charge in [-0.3, -0.25) is 25.2 Å². The van der Waals surface area contributed by atoms with Gasteiger partial charge in [-0.2, -0.15) is 0 Å². The zero-order chi connectivity index (χ0) is 16.5. The van der Waals surface area contributed by atoms with Gasteiger partial charge in [-0.15, -0.1) is 0 Å². The molecule has 0 fully saturated rings. The van der Waals surface area contributed by atoms with Crippen molar-refractivity contribution in [3.05, 3.63) is 27.7 Å². The molecule has 9 heteroatoms. The van der Waals surface area contributed by atoms with Crippen molar-refractivity contribution in [1.82, 2.24) is 10.9 Å². The second kappa shape index (κ2) is 9.26. The van der Waals surface area contributed by atoms with E-state index in [4.69, 9.17) is 21.4 Å². The van der Waals surface area contributed by atoms with E-state index >= 15 is 0 Å². The van der Waals surface area contributed by atoms with Crippen LogP contribution in [-0.2, 0) is 14.4 Å². The molecule has 0 aromatic heterocycles. The van der Waals surface area contributed by atoms with Crippen molar-refractivity contribution in [3.8, 4) is 5.75 Å². The highest BCUT2D eigenvalue weighted by atomic mass is 79.9. The first kappa shape index (κ1) is 18.2. The second-order valence-corrected chi connectivity index (χ2v) is 5.53. The molecule has 0 saturated heterocycles. The van der Waals surface area contributed by atoms with Crippen LogP contribution in [0.15, 0.2) is 22.7 Å². The minimum absolute atomic E-state index is 0.00593. The predicted octanol–water partition coefficient (Wildman–Crippen LogP) is 1.88. The van der Waals surface area contributed by atoms with E-state index in [9.17, 15) is 14.4 Å². The maximum atomic E-state index is 11.5. The summed E-state index contributed by atoms with van der Waals surface area (Å²) in [7, 11) is 0. The van der Waals surface area contributed by atoms with Gasteiger partial charge in [0.15, 0.2) is 6.61 Å². The molecule has 0 radical (unpaired) electrons. The maximum Gasteiger partial charge on any atom is 0.303 e. The highest BCUT2D eigenvalue weighted by molar-refractivity contribution is 9.10. The molecule has 0 spiro atoms. The number of carboxylic acids is 1. The number of ether oxygens (including phenoxy) is 1. The molecule has 1 rings (SSSR count). The number of carboxylic acid groups (broad SMARTS) is 1. The van der Waals surface area contributed by atoms with E-state index in [0.717, 1.165) is 4.47 Å². The summed E-state index contributed by atoms with van der Waals surface area (Å²) in [5, 5.41) is 8.78. The van der Waals surface area contributed by atoms with Crippen LogP contribution in [0.25, 0.3) is 0 Å². The van der Waals surface area contributed by atoms with Crippen LogP contribution in [0.5, 0.6) is 5.75 Å². The van der Waals surface area contributed by atoms with Crippen LogP contribution in [-0.4, -0.2) is 29.5 Å². The molecule has 0 aliphatic carbocycles. The third-order valence-corrected chi connectivity index (χ3v) is 3.18. The number of amides is 2. The quantitative estimate of drug-likeness (QED) is 0.614. The molecule has 0 aliphatic heterocycles. The fraction of sp³-hybridized carbons (Fsp3) is 0.308. The Labute approximate surface area is 140 Å². The summed E-state index contributed by atoms with van der Waals surface area (Å²) in [5.41, 5.74) is 4.32. The standard InChI is InChI=1S/C13H14BrClN2O5/c14-8-4-5-10(9(15)6-8)22-7-12(19)17-16-11(18)2-1-3-13(20)21/h4-6H,1-3,7H2,(H,16,18)(H,17,19)(H,20,21). The third-order valence-electron chi connectivity index (χ3n) is 2.39. The van der Waals surface area contributed by atoms with Crippen LogP contribution in [0.2, 0.25) is 5.02 Å². The maximum absolute atomic E-state index is 11.5. The molecule has 1 aromatic rings. The Bertz CT molecular complexity index is 567. The highest BCUT2D eigenvalue weighted by Gasteiger charge is 2.08. The van der Waals surface area contributed by atoms with Crippen molar-refractivity contribution in [2.75, 3.05) is 6.61 Å². The molecule has 0 aliphatic rings. The fourth-order valence-corrected chi connectivity index (χ4v) is 2.10. The van der Waals surface area contributed by atoms with Crippen LogP contribution in [0, 0.1) is 0 Å². The van der Waals surface area contributed by atoms with Crippen molar-refractivity contribution in [3.63, 3.8) is 0 Å². The van der Waals surface area contributed by atoms with Crippen LogP contribution in [0.3, 0.4) is 0 Å². The number of halogens is 2. The molecule has 1 aromatic carbocycles. The van der Waals surface area contributed by atoms with Gasteiger partial charge >= 0.3 is 5.97 Å². The number of nitrogens with one attached hydrogen (secondary N) is 2. The second-order valence-electron chi connectivity index (χ2n) is 4.21. The molecule has 0 bridgehead atoms. The molecule has 0 heterocycles. The van der Waals surface area contributed by atoms with Crippen molar-refractivity contribution in [1.29, 1.82) is 0 Å². The summed E-state index contributed by atoms with van der Waals surface area (Å²) < 4.78 is 5.99. The predicted molar refractivity (Wildman–Crippen MR) is 82.4 cm³/mol. The Morgan fingerprint density at radius 2 is 1.86 bits per heavy atom. The van der Waals surface area contributed by atoms with Gasteiger partial charge in [-0.05, 0) is 24.6 Å². The first-order valence-corrected chi connectivity index (χ1v) is 7.43. The van der Waals surface area contributed by atoms with Crippen LogP contribution in [0.4, 0.5) is 0 Å². The van der Waals surface area contributed by atoms with E-state index in [-0.39, 0.29) is 25.9 Å². The van der Waals surface area contributed by atoms with Gasteiger partial charge in [0.25, 0.3) is 5.91 Å². The summed E-state index contributed by atoms with van der Waals surface area (Å²) in [4.78, 5) is 33.1. The highest BCUT2D eigenvalue weighted by Crippen LogP contribution is 2.27. The normalized spacial score (nSPS) is 9.91. The zero-order valence-electron chi connectivity index (χ0n) is 11.4. The number of carbonyl (C=O) groups excluding carboxylic acids is 2. The largest absolute Gasteiger partial charge is 0.482 e. The van der Waals surface area contributed by atoms with E-state index in [1.165, 1.54) is 0 Å². The molecule has 0 unspecified atom stereocenters. The third kappa shape index (κ3) is 7.28. The average molecular weight is 394 g/mol. The van der Waals surface area contributed by atoms with E-state index in [0.29, 0.717) is 10.8 Å². The van der Waals surface area contributed by atoms with Crippen molar-refractivity contribution in [2.45, 2.75) is 19.3 Å². The topological polar surface area (TPSA) is 105 Å². The van der Waals surface area contributed by atoms with Gasteiger partial charge in [-0.25, -0.2) is 0 Å². The molecule has 0 saturated carbocycles. The lowest BCUT2D eigenvalue weighted by molar-refractivity contribution is -0.137. The monoisotopic (exact) mass is 392 g/mol. The first-order valence-electron chi connectivity index (χ1n) is 6.26. The summed E-state index contributed by atoms with van der Waals surface area (Å²) in [6, 6.07) is 4.94. The fourth-order valence-electron chi connectivity index (χ4n) is 1.37. The van der Waals surface area contributed by atoms with Gasteiger partial charge in [-0.1, -0.05) is 27.5 Å². The van der Waals surface area contributed by atoms with E-state index in [1.54, 1.807) is 18.2 Å². The van der Waals surface area contributed by atoms with Crippen molar-refractivity contribution in [2.24, 2.45) is 0 Å². The lowest BCUT2D eigenvalue weighted by atomic mass is 10.2. The van der Waals surface area contributed by atoms with E-state index < -0.39 is 17.8 Å². The number of benzene rings is 1. The molecule has 7 nitrogen and oxygen atoms in total. The Kier molecular flexibility index (Phi) is 7.69. The number of hydrogen-bond acceptors (Lipinski definition) is 4. The number of hydrazine groups is 1. The van der Waals surface area contributed by atoms with Crippen LogP contribution < -0.4 is 15.6 Å². The van der Waals surface area contributed by atoms with Gasteiger partial charge in [0.05, 0.1) is 5.02 Å². The van der Waals surface area contributed by atoms with Gasteiger partial charge in [0.2, 0.25) is 5.91 Å². The van der Waals surface area contributed by atoms with Crippen molar-refractivity contribution < 1.29 is 24.2 Å². The molecule has 3 N–H and O–H groups in total. The lowest BCUT2D eigenvalue weighted by Crippen LogP contribution is -2.43. The van der Waals surface area contributed by atoms with E-state index in [2.05, 4.69) is 26.8 Å². The first-order chi connectivity index (χ1) is 10.4. The minimum Gasteiger partial charge on any atom is -0.482 e. The molecular formula is C13H14BrClN2O5. The summed E-state index contributed by atoms with van der Waals surface area (Å²) >= 11 is 9.16. The summed E-state index contributed by atoms with van der Waals surface area (Å²) in [6.45, 7) is -0.323. The molecule has 2 amide bonds. The zero-order valence-corrected chi connectivity index (χ0v) is 13.7. The number of rotatable bonds is 7. The van der Waals surface area contributed by atoms with Crippen molar-refractivity contribution >= 4 is 45.3 Å². The van der Waals surface area contributed by atoms with Crippen LogP contribution in [0.1, 0.15) is 19.3 Å². The molecular weight excluding hydrogens is 380 g/mol. The lowest BCUT2D eigenvalue weighted by Gasteiger charge is -2.09. The van der Waals surface area contributed by atoms with Gasteiger partial charge in [0.1, 0.15) is 5.75 Å². The molecule has 120 valence electrons.